The van der Waals surface area contributed by atoms with Crippen LogP contribution >= 0.6 is 11.6 Å². The fourth-order valence-corrected chi connectivity index (χ4v) is 4.40. The van der Waals surface area contributed by atoms with E-state index in [2.05, 4.69) is 20.6 Å². The summed E-state index contributed by atoms with van der Waals surface area (Å²) in [6.07, 6.45) is 3.81. The zero-order valence-electron chi connectivity index (χ0n) is 22.7. The Kier molecular flexibility index (Phi) is 8.98. The van der Waals surface area contributed by atoms with Crippen LogP contribution in [0.25, 0.3) is 5.57 Å². The van der Waals surface area contributed by atoms with Crippen molar-refractivity contribution in [2.24, 2.45) is 0 Å². The van der Waals surface area contributed by atoms with Gasteiger partial charge in [-0.1, -0.05) is 11.6 Å². The smallest absolute Gasteiger partial charge is 0.410 e. The van der Waals surface area contributed by atoms with Gasteiger partial charge in [0.05, 0.1) is 22.8 Å². The van der Waals surface area contributed by atoms with E-state index in [1.165, 1.54) is 6.33 Å². The van der Waals surface area contributed by atoms with Crippen LogP contribution in [0.5, 0.6) is 5.75 Å². The number of nitrogens with one attached hydrogen (secondary N) is 2. The van der Waals surface area contributed by atoms with Gasteiger partial charge >= 0.3 is 12.1 Å². The molecule has 0 bridgehead atoms. The van der Waals surface area contributed by atoms with Crippen molar-refractivity contribution in [1.29, 1.82) is 0 Å². The van der Waals surface area contributed by atoms with Gasteiger partial charge in [-0.15, -0.1) is 0 Å². The molecule has 1 saturated heterocycles. The fraction of sp³-hybridized carbons (Fsp3) is 0.444. The van der Waals surface area contributed by atoms with Crippen LogP contribution in [-0.4, -0.2) is 76.3 Å². The van der Waals surface area contributed by atoms with E-state index in [4.69, 9.17) is 26.2 Å². The van der Waals surface area contributed by atoms with Gasteiger partial charge in [-0.05, 0) is 45.7 Å². The second-order valence-corrected chi connectivity index (χ2v) is 10.8. The molecular weight excluding hydrogens is 540 g/mol. The highest BCUT2D eigenvalue weighted by molar-refractivity contribution is 6.33. The number of rotatable bonds is 9. The number of carbonyl (C=O) groups excluding carboxylic acids is 2. The minimum Gasteiger partial charge on any atom is -0.492 e. The quantitative estimate of drug-likeness (QED) is 0.295. The number of anilines is 3. The van der Waals surface area contributed by atoms with Gasteiger partial charge < -0.3 is 35.0 Å². The van der Waals surface area contributed by atoms with Gasteiger partial charge in [-0.2, -0.15) is 0 Å². The van der Waals surface area contributed by atoms with Crippen molar-refractivity contribution in [1.82, 2.24) is 14.9 Å². The molecule has 1 aromatic carbocycles. The lowest BCUT2D eigenvalue weighted by molar-refractivity contribution is -0.137. The van der Waals surface area contributed by atoms with Crippen molar-refractivity contribution in [3.8, 4) is 5.75 Å². The fourth-order valence-electron chi connectivity index (χ4n) is 4.23. The Bertz CT molecular complexity index is 1300. The molecule has 13 heteroatoms. The summed E-state index contributed by atoms with van der Waals surface area (Å²) < 4.78 is 11.2. The van der Waals surface area contributed by atoms with Crippen molar-refractivity contribution >= 4 is 52.5 Å². The van der Waals surface area contributed by atoms with Crippen LogP contribution in [0.4, 0.5) is 22.1 Å². The second-order valence-electron chi connectivity index (χ2n) is 10.4. The SMILES string of the molecule is CC(C)(C)OC(=O)N1CCN(c2ncnc3c2/C(=C/Nc2ccc(Cl)c(OCCCCC(=O)O)c2)C(=O)N3)CC1. The van der Waals surface area contributed by atoms with Gasteiger partial charge in [0.2, 0.25) is 0 Å². The third-order valence-corrected chi connectivity index (χ3v) is 6.47. The van der Waals surface area contributed by atoms with Crippen LogP contribution in [0.15, 0.2) is 30.7 Å². The van der Waals surface area contributed by atoms with E-state index in [1.807, 2.05) is 25.7 Å². The highest BCUT2D eigenvalue weighted by atomic mass is 35.5. The second kappa shape index (κ2) is 12.4. The molecular formula is C27H33ClN6O6. The molecule has 1 fully saturated rings. The van der Waals surface area contributed by atoms with E-state index in [1.54, 1.807) is 29.3 Å². The Labute approximate surface area is 237 Å². The average molecular weight is 573 g/mol. The van der Waals surface area contributed by atoms with Crippen LogP contribution in [0.3, 0.4) is 0 Å². The van der Waals surface area contributed by atoms with E-state index in [9.17, 15) is 14.4 Å². The van der Waals surface area contributed by atoms with Crippen LogP contribution in [0.2, 0.25) is 5.02 Å². The number of hydrogen-bond acceptors (Lipinski definition) is 9. The van der Waals surface area contributed by atoms with Crippen LogP contribution in [-0.2, 0) is 14.3 Å². The summed E-state index contributed by atoms with van der Waals surface area (Å²) in [6, 6.07) is 5.14. The Balaban J connectivity index is 1.45. The predicted octanol–water partition coefficient (Wildman–Crippen LogP) is 4.23. The Morgan fingerprint density at radius 3 is 2.62 bits per heavy atom. The number of aromatic nitrogens is 2. The Hall–Kier alpha value is -4.06. The molecule has 2 aliphatic heterocycles. The number of nitrogens with zero attached hydrogens (tertiary/aromatic N) is 4. The number of carbonyl (C=O) groups is 3. The van der Waals surface area contributed by atoms with Gasteiger partial charge in [0.15, 0.2) is 0 Å². The lowest BCUT2D eigenvalue weighted by Gasteiger charge is -2.36. The number of fused-ring (bicyclic) bond motifs is 1. The topological polar surface area (TPSA) is 146 Å². The van der Waals surface area contributed by atoms with Crippen molar-refractivity contribution < 1.29 is 29.0 Å². The Morgan fingerprint density at radius 2 is 1.93 bits per heavy atom. The molecule has 0 atom stereocenters. The number of ether oxygens (including phenoxy) is 2. The lowest BCUT2D eigenvalue weighted by Crippen LogP contribution is -2.50. The van der Waals surface area contributed by atoms with Gasteiger partial charge in [0.25, 0.3) is 5.91 Å². The molecule has 214 valence electrons. The lowest BCUT2D eigenvalue weighted by atomic mass is 10.1. The number of halogens is 1. The molecule has 0 spiro atoms. The van der Waals surface area contributed by atoms with Gasteiger partial charge in [-0.3, -0.25) is 9.59 Å². The molecule has 4 rings (SSSR count). The van der Waals surface area contributed by atoms with Crippen molar-refractivity contribution in [2.75, 3.05) is 48.3 Å². The molecule has 0 saturated carbocycles. The number of unbranched alkanes of at least 4 members (excludes halogenated alkanes) is 1. The molecule has 0 radical (unpaired) electrons. The molecule has 2 aliphatic rings. The van der Waals surface area contributed by atoms with Gasteiger partial charge in [-0.25, -0.2) is 14.8 Å². The first-order valence-corrected chi connectivity index (χ1v) is 13.4. The number of piperazine rings is 1. The number of amides is 2. The summed E-state index contributed by atoms with van der Waals surface area (Å²) in [5.41, 5.74) is 1.02. The molecule has 12 nitrogen and oxygen atoms in total. The summed E-state index contributed by atoms with van der Waals surface area (Å²) in [6.45, 7) is 7.77. The Morgan fingerprint density at radius 1 is 1.18 bits per heavy atom. The molecule has 2 aromatic rings. The minimum absolute atomic E-state index is 0.0843. The predicted molar refractivity (Wildman–Crippen MR) is 151 cm³/mol. The van der Waals surface area contributed by atoms with Gasteiger partial charge in [0, 0.05) is 50.6 Å². The maximum Gasteiger partial charge on any atom is 0.410 e. The summed E-state index contributed by atoms with van der Waals surface area (Å²) in [5.74, 6) is 0.302. The first-order chi connectivity index (χ1) is 19.0. The largest absolute Gasteiger partial charge is 0.492 e. The van der Waals surface area contributed by atoms with Crippen LogP contribution in [0, 0.1) is 0 Å². The normalized spacial score (nSPS) is 16.0. The highest BCUT2D eigenvalue weighted by Crippen LogP contribution is 2.37. The van der Waals surface area contributed by atoms with E-state index < -0.39 is 11.6 Å². The zero-order valence-corrected chi connectivity index (χ0v) is 23.5. The van der Waals surface area contributed by atoms with E-state index in [0.29, 0.717) is 84.9 Å². The third kappa shape index (κ3) is 7.32. The number of hydrogen-bond donors (Lipinski definition) is 3. The number of aliphatic carboxylic acids is 1. The summed E-state index contributed by atoms with van der Waals surface area (Å²) in [5, 5.41) is 15.1. The first-order valence-electron chi connectivity index (χ1n) is 13.0. The van der Waals surface area contributed by atoms with Crippen molar-refractivity contribution in [3.05, 3.63) is 41.3 Å². The minimum atomic E-state index is -0.841. The number of benzene rings is 1. The van der Waals surface area contributed by atoms with Crippen molar-refractivity contribution in [3.63, 3.8) is 0 Å². The molecule has 40 heavy (non-hydrogen) atoms. The molecule has 2 amide bonds. The highest BCUT2D eigenvalue weighted by Gasteiger charge is 2.33. The third-order valence-electron chi connectivity index (χ3n) is 6.16. The van der Waals surface area contributed by atoms with E-state index in [0.717, 1.165) is 0 Å². The molecule has 0 unspecified atom stereocenters. The summed E-state index contributed by atoms with van der Waals surface area (Å²) in [4.78, 5) is 48.4. The summed E-state index contributed by atoms with van der Waals surface area (Å²) in [7, 11) is 0. The first kappa shape index (κ1) is 28.9. The monoisotopic (exact) mass is 572 g/mol. The summed E-state index contributed by atoms with van der Waals surface area (Å²) >= 11 is 6.26. The van der Waals surface area contributed by atoms with E-state index >= 15 is 0 Å². The standard InChI is InChI=1S/C27H33ClN6O6/c1-27(2,3)40-26(38)34-11-9-33(10-12-34)24-22-18(25(37)32-23(22)30-16-31-24)15-29-17-7-8-19(28)20(14-17)39-13-5-4-6-21(35)36/h7-8,14-16,29H,4-6,9-13H2,1-3H3,(H,35,36)(H,30,31,32,37)/b18-15-. The zero-order chi connectivity index (χ0) is 28.9. The molecule has 3 heterocycles. The molecule has 0 aliphatic carbocycles. The number of carboxylic acid groups (broad SMARTS) is 1. The van der Waals surface area contributed by atoms with E-state index in [-0.39, 0.29) is 18.4 Å². The maximum absolute atomic E-state index is 12.9. The molecule has 1 aromatic heterocycles. The number of carboxylic acids is 1. The van der Waals surface area contributed by atoms with Crippen LogP contribution in [0.1, 0.15) is 45.6 Å². The van der Waals surface area contributed by atoms with Gasteiger partial charge in [0.1, 0.15) is 29.3 Å². The van der Waals surface area contributed by atoms with Crippen LogP contribution < -0.4 is 20.3 Å². The maximum atomic E-state index is 12.9. The average Bonchev–Trinajstić information content (AvgIpc) is 3.22. The van der Waals surface area contributed by atoms with Crippen molar-refractivity contribution in [2.45, 2.75) is 45.6 Å². The molecule has 3 N–H and O–H groups in total.